The SMILES string of the molecule is C[SiH](C)c1ccccc1C#CC#Cc1ccccc1[SiH](C)C. The fourth-order valence-electron chi connectivity index (χ4n) is 2.43. The third-order valence-corrected chi connectivity index (χ3v) is 7.12. The van der Waals surface area contributed by atoms with Crippen LogP contribution in [0.2, 0.25) is 26.2 Å². The molecule has 0 atom stereocenters. The van der Waals surface area contributed by atoms with E-state index in [2.05, 4.69) is 98.4 Å². The van der Waals surface area contributed by atoms with E-state index in [0.717, 1.165) is 11.1 Å². The molecule has 0 heterocycles. The lowest BCUT2D eigenvalue weighted by atomic mass is 10.2. The molecule has 0 spiro atoms. The molecule has 2 aromatic rings. The van der Waals surface area contributed by atoms with Crippen LogP contribution < -0.4 is 10.4 Å². The van der Waals surface area contributed by atoms with Crippen molar-refractivity contribution in [1.82, 2.24) is 0 Å². The first-order chi connectivity index (χ1) is 10.6. The minimum atomic E-state index is -0.846. The second kappa shape index (κ2) is 7.85. The van der Waals surface area contributed by atoms with Gasteiger partial charge in [-0.15, -0.1) is 0 Å². The highest BCUT2D eigenvalue weighted by atomic mass is 28.3. The average Bonchev–Trinajstić information content (AvgIpc) is 2.52. The highest BCUT2D eigenvalue weighted by molar-refractivity contribution is 6.71. The molecule has 0 fully saturated rings. The molecule has 0 aromatic heterocycles. The fourth-order valence-corrected chi connectivity index (χ4v) is 5.00. The van der Waals surface area contributed by atoms with E-state index >= 15 is 0 Å². The van der Waals surface area contributed by atoms with Crippen molar-refractivity contribution in [1.29, 1.82) is 0 Å². The van der Waals surface area contributed by atoms with E-state index in [0.29, 0.717) is 0 Å². The summed E-state index contributed by atoms with van der Waals surface area (Å²) in [6.45, 7) is 9.32. The Kier molecular flexibility index (Phi) is 5.84. The van der Waals surface area contributed by atoms with Gasteiger partial charge < -0.3 is 0 Å². The second-order valence-corrected chi connectivity index (χ2v) is 11.8. The maximum Gasteiger partial charge on any atom is 0.0663 e. The van der Waals surface area contributed by atoms with E-state index in [1.807, 2.05) is 0 Å². The molecule has 2 aromatic carbocycles. The molecule has 0 N–H and O–H groups in total. The van der Waals surface area contributed by atoms with E-state index in [9.17, 15) is 0 Å². The van der Waals surface area contributed by atoms with Crippen LogP contribution in [0.5, 0.6) is 0 Å². The van der Waals surface area contributed by atoms with Gasteiger partial charge in [0.25, 0.3) is 0 Å². The minimum absolute atomic E-state index is 0.846. The molecule has 0 bridgehead atoms. The van der Waals surface area contributed by atoms with Crippen molar-refractivity contribution in [2.75, 3.05) is 0 Å². The zero-order valence-electron chi connectivity index (χ0n) is 13.8. The average molecular weight is 319 g/mol. The zero-order chi connectivity index (χ0) is 15.9. The summed E-state index contributed by atoms with van der Waals surface area (Å²) in [7, 11) is -1.69. The molecule has 0 saturated heterocycles. The molecule has 0 aliphatic rings. The molecule has 0 aliphatic heterocycles. The lowest BCUT2D eigenvalue weighted by Gasteiger charge is -2.06. The van der Waals surface area contributed by atoms with Crippen LogP contribution >= 0.6 is 0 Å². The van der Waals surface area contributed by atoms with Crippen LogP contribution in [-0.2, 0) is 0 Å². The standard InChI is InChI=1S/C20H22Si2/c1-21(2)19-15-9-7-13-17(19)11-5-6-12-18-14-8-10-16-20(18)22(3)4/h7-10,13-16,21-22H,1-4H3. The van der Waals surface area contributed by atoms with Crippen molar-refractivity contribution in [3.05, 3.63) is 59.7 Å². The van der Waals surface area contributed by atoms with Gasteiger partial charge in [-0.3, -0.25) is 0 Å². The van der Waals surface area contributed by atoms with Crippen molar-refractivity contribution in [2.24, 2.45) is 0 Å². The van der Waals surface area contributed by atoms with Crippen molar-refractivity contribution in [2.45, 2.75) is 26.2 Å². The molecule has 0 nitrogen and oxygen atoms in total. The predicted octanol–water partition coefficient (Wildman–Crippen LogP) is 2.48. The minimum Gasteiger partial charge on any atom is -0.0682 e. The van der Waals surface area contributed by atoms with Gasteiger partial charge in [-0.05, 0) is 34.3 Å². The third-order valence-electron chi connectivity index (χ3n) is 3.62. The first-order valence-corrected chi connectivity index (χ1v) is 13.6. The number of benzene rings is 2. The molecule has 2 heteroatoms. The van der Waals surface area contributed by atoms with Gasteiger partial charge >= 0.3 is 0 Å². The van der Waals surface area contributed by atoms with Crippen LogP contribution in [0, 0.1) is 23.7 Å². The highest BCUT2D eigenvalue weighted by Gasteiger charge is 2.04. The number of hydrogen-bond donors (Lipinski definition) is 0. The summed E-state index contributed by atoms with van der Waals surface area (Å²) >= 11 is 0. The fraction of sp³-hybridized carbons (Fsp3) is 0.200. The van der Waals surface area contributed by atoms with Gasteiger partial charge in [-0.2, -0.15) is 0 Å². The van der Waals surface area contributed by atoms with Crippen LogP contribution in [0.4, 0.5) is 0 Å². The summed E-state index contributed by atoms with van der Waals surface area (Å²) in [4.78, 5) is 0. The van der Waals surface area contributed by atoms with E-state index in [4.69, 9.17) is 0 Å². The Morgan fingerprint density at radius 2 is 0.955 bits per heavy atom. The normalized spacial score (nSPS) is 9.91. The van der Waals surface area contributed by atoms with Gasteiger partial charge in [0.2, 0.25) is 0 Å². The summed E-state index contributed by atoms with van der Waals surface area (Å²) in [5.74, 6) is 12.5. The van der Waals surface area contributed by atoms with Crippen LogP contribution in [0.25, 0.3) is 0 Å². The molecule has 0 saturated carbocycles. The van der Waals surface area contributed by atoms with E-state index < -0.39 is 17.6 Å². The van der Waals surface area contributed by atoms with Crippen LogP contribution in [0.15, 0.2) is 48.5 Å². The Morgan fingerprint density at radius 3 is 1.32 bits per heavy atom. The van der Waals surface area contributed by atoms with Crippen molar-refractivity contribution in [3.63, 3.8) is 0 Å². The molecule has 2 rings (SSSR count). The van der Waals surface area contributed by atoms with E-state index in [1.54, 1.807) is 0 Å². The Morgan fingerprint density at radius 1 is 0.591 bits per heavy atom. The first-order valence-electron chi connectivity index (χ1n) is 7.79. The molecule has 0 radical (unpaired) electrons. The van der Waals surface area contributed by atoms with Crippen molar-refractivity contribution >= 4 is 28.0 Å². The van der Waals surface area contributed by atoms with Gasteiger partial charge in [0, 0.05) is 11.1 Å². The summed E-state index contributed by atoms with van der Waals surface area (Å²) in [6, 6.07) is 16.9. The van der Waals surface area contributed by atoms with Crippen LogP contribution in [-0.4, -0.2) is 17.6 Å². The molecule has 0 unspecified atom stereocenters. The zero-order valence-corrected chi connectivity index (χ0v) is 16.1. The van der Waals surface area contributed by atoms with Gasteiger partial charge in [0.1, 0.15) is 0 Å². The smallest absolute Gasteiger partial charge is 0.0663 e. The second-order valence-electron chi connectivity index (χ2n) is 5.98. The largest absolute Gasteiger partial charge is 0.0682 e. The summed E-state index contributed by atoms with van der Waals surface area (Å²) < 4.78 is 0. The lowest BCUT2D eigenvalue weighted by molar-refractivity contribution is 1.68. The summed E-state index contributed by atoms with van der Waals surface area (Å²) in [6.07, 6.45) is 0. The molecule has 110 valence electrons. The predicted molar refractivity (Wildman–Crippen MR) is 104 cm³/mol. The monoisotopic (exact) mass is 318 g/mol. The van der Waals surface area contributed by atoms with Crippen LogP contribution in [0.3, 0.4) is 0 Å². The maximum atomic E-state index is 3.24. The number of rotatable bonds is 2. The van der Waals surface area contributed by atoms with Gasteiger partial charge in [0.05, 0.1) is 17.6 Å². The Labute approximate surface area is 137 Å². The Balaban J connectivity index is 2.27. The molecular formula is C20H22Si2. The molecule has 0 amide bonds. The summed E-state index contributed by atoms with van der Waals surface area (Å²) in [5, 5.41) is 2.85. The Hall–Kier alpha value is -2.01. The lowest BCUT2D eigenvalue weighted by Crippen LogP contribution is -2.25. The maximum absolute atomic E-state index is 3.24. The molecule has 0 aliphatic carbocycles. The van der Waals surface area contributed by atoms with E-state index in [1.165, 1.54) is 10.4 Å². The van der Waals surface area contributed by atoms with Crippen molar-refractivity contribution < 1.29 is 0 Å². The third kappa shape index (κ3) is 4.24. The molecular weight excluding hydrogens is 296 g/mol. The topological polar surface area (TPSA) is 0 Å². The van der Waals surface area contributed by atoms with Gasteiger partial charge in [0.15, 0.2) is 0 Å². The summed E-state index contributed by atoms with van der Waals surface area (Å²) in [5.41, 5.74) is 2.29. The highest BCUT2D eigenvalue weighted by Crippen LogP contribution is 1.98. The van der Waals surface area contributed by atoms with Crippen molar-refractivity contribution in [3.8, 4) is 23.7 Å². The number of hydrogen-bond acceptors (Lipinski definition) is 0. The Bertz CT molecular complexity index is 698. The van der Waals surface area contributed by atoms with Gasteiger partial charge in [-0.25, -0.2) is 0 Å². The van der Waals surface area contributed by atoms with Gasteiger partial charge in [-0.1, -0.05) is 74.4 Å². The van der Waals surface area contributed by atoms with Crippen LogP contribution in [0.1, 0.15) is 11.1 Å². The molecule has 22 heavy (non-hydrogen) atoms. The quantitative estimate of drug-likeness (QED) is 0.589. The first kappa shape index (κ1) is 16.4. The van der Waals surface area contributed by atoms with E-state index in [-0.39, 0.29) is 0 Å².